The van der Waals surface area contributed by atoms with Crippen LogP contribution in [0.5, 0.6) is 0 Å². The Balaban J connectivity index is 1.40. The van der Waals surface area contributed by atoms with Gasteiger partial charge in [-0.2, -0.15) is 5.10 Å². The lowest BCUT2D eigenvalue weighted by molar-refractivity contribution is 0.0621. The summed E-state index contributed by atoms with van der Waals surface area (Å²) < 4.78 is 2.06. The van der Waals surface area contributed by atoms with Crippen molar-refractivity contribution in [2.24, 2.45) is 0 Å². The van der Waals surface area contributed by atoms with Crippen molar-refractivity contribution in [3.8, 4) is 0 Å². The Morgan fingerprint density at radius 1 is 1.14 bits per heavy atom. The van der Waals surface area contributed by atoms with E-state index in [9.17, 15) is 4.79 Å². The zero-order chi connectivity index (χ0) is 19.9. The van der Waals surface area contributed by atoms with E-state index in [1.54, 1.807) is 0 Å². The fourth-order valence-corrected chi connectivity index (χ4v) is 4.08. The summed E-state index contributed by atoms with van der Waals surface area (Å²) in [4.78, 5) is 17.4. The molecule has 1 saturated heterocycles. The number of carbonyl (C=O) groups is 1. The highest BCUT2D eigenvalue weighted by Crippen LogP contribution is 2.41. The third-order valence-electron chi connectivity index (χ3n) is 5.54. The predicted octanol–water partition coefficient (Wildman–Crippen LogP) is 4.13. The lowest BCUT2D eigenvalue weighted by Gasteiger charge is -2.34. The highest BCUT2D eigenvalue weighted by atomic mass is 35.5. The first kappa shape index (κ1) is 19.5. The molecule has 28 heavy (non-hydrogen) atoms. The standard InChI is InChI=1S/C22H29ClN4O/c1-22(2,3)27-20(17-7-8-17)14-19(24-27)21(28)26-11-9-25(10-12-26)15-16-5-4-6-18(23)13-16/h4-6,13-14,17H,7-12,15H2,1-3H3. The monoisotopic (exact) mass is 400 g/mol. The second-order valence-electron chi connectivity index (χ2n) is 9.01. The Hall–Kier alpha value is -1.85. The van der Waals surface area contributed by atoms with Crippen LogP contribution >= 0.6 is 11.6 Å². The molecule has 1 aliphatic heterocycles. The maximum Gasteiger partial charge on any atom is 0.274 e. The minimum absolute atomic E-state index is 0.0623. The molecular formula is C22H29ClN4O. The topological polar surface area (TPSA) is 41.4 Å². The van der Waals surface area contributed by atoms with Gasteiger partial charge in [0.25, 0.3) is 5.91 Å². The molecule has 4 rings (SSSR count). The summed E-state index contributed by atoms with van der Waals surface area (Å²) in [6.07, 6.45) is 2.41. The quantitative estimate of drug-likeness (QED) is 0.774. The van der Waals surface area contributed by atoms with Crippen LogP contribution in [0.2, 0.25) is 5.02 Å². The summed E-state index contributed by atoms with van der Waals surface area (Å²) in [6, 6.07) is 10.0. The van der Waals surface area contributed by atoms with Gasteiger partial charge in [-0.25, -0.2) is 0 Å². The molecule has 0 atom stereocenters. The van der Waals surface area contributed by atoms with Crippen molar-refractivity contribution in [1.82, 2.24) is 19.6 Å². The number of amides is 1. The first-order valence-corrected chi connectivity index (χ1v) is 10.6. The summed E-state index contributed by atoms with van der Waals surface area (Å²) in [5, 5.41) is 5.48. The molecule has 0 spiro atoms. The summed E-state index contributed by atoms with van der Waals surface area (Å²) in [5.41, 5.74) is 2.92. The minimum Gasteiger partial charge on any atom is -0.335 e. The van der Waals surface area contributed by atoms with Crippen molar-refractivity contribution >= 4 is 17.5 Å². The van der Waals surface area contributed by atoms with Crippen LogP contribution in [0.25, 0.3) is 0 Å². The number of rotatable bonds is 4. The van der Waals surface area contributed by atoms with Crippen LogP contribution in [0.4, 0.5) is 0 Å². The lowest BCUT2D eigenvalue weighted by atomic mass is 10.1. The van der Waals surface area contributed by atoms with Gasteiger partial charge in [-0.1, -0.05) is 23.7 Å². The Bertz CT molecular complexity index is 858. The van der Waals surface area contributed by atoms with Crippen LogP contribution < -0.4 is 0 Å². The van der Waals surface area contributed by atoms with Crippen LogP contribution in [0, 0.1) is 0 Å². The molecule has 1 saturated carbocycles. The number of halogens is 1. The number of hydrogen-bond donors (Lipinski definition) is 0. The number of nitrogens with zero attached hydrogens (tertiary/aromatic N) is 4. The summed E-state index contributed by atoms with van der Waals surface area (Å²) in [5.74, 6) is 0.634. The van der Waals surface area contributed by atoms with Crippen molar-refractivity contribution in [3.63, 3.8) is 0 Å². The largest absolute Gasteiger partial charge is 0.335 e. The van der Waals surface area contributed by atoms with Gasteiger partial charge in [-0.3, -0.25) is 14.4 Å². The molecule has 2 aromatic rings. The van der Waals surface area contributed by atoms with Gasteiger partial charge in [0.15, 0.2) is 5.69 Å². The zero-order valence-electron chi connectivity index (χ0n) is 17.0. The number of piperazine rings is 1. The molecule has 1 aromatic carbocycles. The predicted molar refractivity (Wildman–Crippen MR) is 112 cm³/mol. The molecule has 6 heteroatoms. The highest BCUT2D eigenvalue weighted by Gasteiger charge is 2.33. The molecule has 1 amide bonds. The van der Waals surface area contributed by atoms with Gasteiger partial charge in [0.05, 0.1) is 5.54 Å². The average Bonchev–Trinajstić information content (AvgIpc) is 3.39. The van der Waals surface area contributed by atoms with E-state index in [0.29, 0.717) is 11.6 Å². The Kier molecular flexibility index (Phi) is 5.23. The third kappa shape index (κ3) is 4.26. The van der Waals surface area contributed by atoms with Crippen molar-refractivity contribution < 1.29 is 4.79 Å². The van der Waals surface area contributed by atoms with E-state index in [2.05, 4.69) is 36.4 Å². The van der Waals surface area contributed by atoms with E-state index in [-0.39, 0.29) is 11.4 Å². The van der Waals surface area contributed by atoms with Gasteiger partial charge in [0.2, 0.25) is 0 Å². The van der Waals surface area contributed by atoms with Crippen molar-refractivity contribution in [1.29, 1.82) is 0 Å². The van der Waals surface area contributed by atoms with E-state index in [4.69, 9.17) is 16.7 Å². The van der Waals surface area contributed by atoms with Gasteiger partial charge in [-0.15, -0.1) is 0 Å². The van der Waals surface area contributed by atoms with E-state index < -0.39 is 0 Å². The molecule has 0 unspecified atom stereocenters. The number of benzene rings is 1. The zero-order valence-corrected chi connectivity index (χ0v) is 17.7. The van der Waals surface area contributed by atoms with Crippen LogP contribution in [0.1, 0.15) is 61.3 Å². The van der Waals surface area contributed by atoms with E-state index in [1.165, 1.54) is 24.1 Å². The van der Waals surface area contributed by atoms with Crippen LogP contribution in [0.3, 0.4) is 0 Å². The van der Waals surface area contributed by atoms with Gasteiger partial charge in [0, 0.05) is 49.4 Å². The SMILES string of the molecule is CC(C)(C)n1nc(C(=O)N2CCN(Cc3cccc(Cl)c3)CC2)cc1C1CC1. The molecule has 1 aromatic heterocycles. The fraction of sp³-hybridized carbons (Fsp3) is 0.545. The minimum atomic E-state index is -0.105. The van der Waals surface area contributed by atoms with Crippen LogP contribution in [-0.2, 0) is 12.1 Å². The summed E-state index contributed by atoms with van der Waals surface area (Å²) >= 11 is 6.09. The molecule has 2 aliphatic rings. The molecule has 2 heterocycles. The molecular weight excluding hydrogens is 372 g/mol. The number of hydrogen-bond acceptors (Lipinski definition) is 3. The van der Waals surface area contributed by atoms with E-state index in [1.807, 2.05) is 29.2 Å². The van der Waals surface area contributed by atoms with Crippen LogP contribution in [0.15, 0.2) is 30.3 Å². The average molecular weight is 401 g/mol. The van der Waals surface area contributed by atoms with E-state index >= 15 is 0 Å². The smallest absolute Gasteiger partial charge is 0.274 e. The normalized spacial score (nSPS) is 18.5. The molecule has 0 radical (unpaired) electrons. The first-order chi connectivity index (χ1) is 13.3. The van der Waals surface area contributed by atoms with Crippen molar-refractivity contribution in [3.05, 3.63) is 52.3 Å². The van der Waals surface area contributed by atoms with Gasteiger partial charge < -0.3 is 4.90 Å². The maximum atomic E-state index is 13.1. The van der Waals surface area contributed by atoms with Gasteiger partial charge >= 0.3 is 0 Å². The molecule has 5 nitrogen and oxygen atoms in total. The molecule has 0 bridgehead atoms. The van der Waals surface area contributed by atoms with Gasteiger partial charge in [0.1, 0.15) is 0 Å². The Labute approximate surface area is 172 Å². The van der Waals surface area contributed by atoms with Crippen molar-refractivity contribution in [2.75, 3.05) is 26.2 Å². The first-order valence-electron chi connectivity index (χ1n) is 10.2. The summed E-state index contributed by atoms with van der Waals surface area (Å²) in [6.45, 7) is 10.5. The third-order valence-corrected chi connectivity index (χ3v) is 5.78. The molecule has 150 valence electrons. The number of carbonyl (C=O) groups excluding carboxylic acids is 1. The number of aromatic nitrogens is 2. The Morgan fingerprint density at radius 3 is 2.46 bits per heavy atom. The summed E-state index contributed by atoms with van der Waals surface area (Å²) in [7, 11) is 0. The lowest BCUT2D eigenvalue weighted by Crippen LogP contribution is -2.48. The van der Waals surface area contributed by atoms with Gasteiger partial charge in [-0.05, 0) is 57.4 Å². The highest BCUT2D eigenvalue weighted by molar-refractivity contribution is 6.30. The van der Waals surface area contributed by atoms with Crippen LogP contribution in [-0.4, -0.2) is 51.7 Å². The second kappa shape index (κ2) is 7.53. The van der Waals surface area contributed by atoms with Crippen molar-refractivity contribution in [2.45, 2.75) is 51.6 Å². The Morgan fingerprint density at radius 2 is 1.86 bits per heavy atom. The second-order valence-corrected chi connectivity index (χ2v) is 9.45. The maximum absolute atomic E-state index is 13.1. The fourth-order valence-electron chi connectivity index (χ4n) is 3.87. The van der Waals surface area contributed by atoms with E-state index in [0.717, 1.165) is 37.7 Å². The molecule has 2 fully saturated rings. The molecule has 1 aliphatic carbocycles. The molecule has 0 N–H and O–H groups in total.